The van der Waals surface area contributed by atoms with Crippen LogP contribution < -0.4 is 33.6 Å². The van der Waals surface area contributed by atoms with Crippen molar-refractivity contribution in [3.63, 3.8) is 0 Å². The van der Waals surface area contributed by atoms with Crippen molar-refractivity contribution in [2.45, 2.75) is 37.8 Å². The molecule has 0 atom stereocenters. The highest BCUT2D eigenvalue weighted by Crippen LogP contribution is 2.25. The number of anilines is 6. The zero-order valence-corrected chi connectivity index (χ0v) is 14.0. The monoisotopic (exact) mass is 356 g/mol. The summed E-state index contributed by atoms with van der Waals surface area (Å²) in [6.45, 7) is 0. The maximum absolute atomic E-state index is 8.67. The molecule has 2 saturated carbocycles. The smallest absolute Gasteiger partial charge is 0.229 e. The van der Waals surface area contributed by atoms with E-state index in [0.29, 0.717) is 24.0 Å². The maximum Gasteiger partial charge on any atom is 0.229 e. The average Bonchev–Trinajstić information content (AvgIpc) is 3.44. The molecule has 0 radical (unpaired) electrons. The molecule has 2 aliphatic rings. The number of rotatable bonds is 4. The molecule has 4 rings (SSSR count). The van der Waals surface area contributed by atoms with E-state index in [4.69, 9.17) is 28.2 Å². The van der Waals surface area contributed by atoms with Crippen molar-refractivity contribution in [1.29, 1.82) is 5.26 Å². The second-order valence-electron chi connectivity index (χ2n) is 6.02. The maximum atomic E-state index is 8.67. The molecule has 10 N–H and O–H groups in total. The Kier molecular flexibility index (Phi) is 4.70. The molecule has 2 aromatic heterocycles. The molecule has 0 amide bonds. The molecule has 12 nitrogen and oxygen atoms in total. The van der Waals surface area contributed by atoms with Gasteiger partial charge in [-0.05, 0) is 25.7 Å². The summed E-state index contributed by atoms with van der Waals surface area (Å²) in [7, 11) is 0. The van der Waals surface area contributed by atoms with Gasteiger partial charge in [-0.15, -0.1) is 0 Å². The van der Waals surface area contributed by atoms with Crippen molar-refractivity contribution in [2.24, 2.45) is 0 Å². The van der Waals surface area contributed by atoms with Crippen molar-refractivity contribution < 1.29 is 0 Å². The lowest BCUT2D eigenvalue weighted by Gasteiger charge is -2.05. The second-order valence-corrected chi connectivity index (χ2v) is 6.02. The lowest BCUT2D eigenvalue weighted by molar-refractivity contribution is 1.02. The summed E-state index contributed by atoms with van der Waals surface area (Å²) in [5.74, 6) is 1.45. The van der Waals surface area contributed by atoms with E-state index < -0.39 is 0 Å². The predicted octanol–water partition coefficient (Wildman–Crippen LogP) is -0.303. The van der Waals surface area contributed by atoms with Gasteiger partial charge in [-0.1, -0.05) is 0 Å². The molecule has 2 aliphatic carbocycles. The highest BCUT2D eigenvalue weighted by molar-refractivity contribution is 5.63. The fourth-order valence-electron chi connectivity index (χ4n) is 1.97. The van der Waals surface area contributed by atoms with Gasteiger partial charge < -0.3 is 33.6 Å². The van der Waals surface area contributed by atoms with Crippen LogP contribution in [-0.4, -0.2) is 37.0 Å². The summed E-state index contributed by atoms with van der Waals surface area (Å²) in [5, 5.41) is 14.8. The fraction of sp³-hybridized carbons (Fsp3) is 0.429. The quantitative estimate of drug-likeness (QED) is 0.416. The van der Waals surface area contributed by atoms with E-state index in [2.05, 4.69) is 35.6 Å². The van der Waals surface area contributed by atoms with E-state index in [1.165, 1.54) is 0 Å². The largest absolute Gasteiger partial charge is 0.382 e. The molecule has 136 valence electrons. The summed E-state index contributed by atoms with van der Waals surface area (Å²) >= 11 is 0. The number of aromatic nitrogens is 5. The third kappa shape index (κ3) is 4.69. The van der Waals surface area contributed by atoms with E-state index in [-0.39, 0.29) is 29.1 Å². The van der Waals surface area contributed by atoms with Crippen LogP contribution in [0.15, 0.2) is 0 Å². The van der Waals surface area contributed by atoms with Crippen LogP contribution in [0.1, 0.15) is 31.2 Å². The van der Waals surface area contributed by atoms with E-state index in [1.54, 1.807) is 0 Å². The lowest BCUT2D eigenvalue weighted by atomic mass is 10.3. The van der Waals surface area contributed by atoms with Gasteiger partial charge in [-0.2, -0.15) is 30.2 Å². The summed E-state index contributed by atoms with van der Waals surface area (Å²) in [4.78, 5) is 19.3. The van der Waals surface area contributed by atoms with Crippen molar-refractivity contribution in [1.82, 2.24) is 24.9 Å². The van der Waals surface area contributed by atoms with Gasteiger partial charge in [-0.3, -0.25) is 0 Å². The Balaban J connectivity index is 0.000000152. The SMILES string of the molecule is N#Cc1c(N)nc(NC2CC2)nc1N.Nc1nc(N)nc(NC2CC2)n1. The normalized spacial score (nSPS) is 15.3. The zero-order chi connectivity index (χ0) is 18.7. The minimum atomic E-state index is 0.128. The first-order valence-electron chi connectivity index (χ1n) is 8.07. The van der Waals surface area contributed by atoms with Crippen molar-refractivity contribution >= 4 is 35.4 Å². The first-order valence-corrected chi connectivity index (χ1v) is 8.07. The Bertz CT molecular complexity index is 793. The number of nitrogens with one attached hydrogen (secondary N) is 2. The number of hydrogen-bond acceptors (Lipinski definition) is 12. The first-order chi connectivity index (χ1) is 12.4. The van der Waals surface area contributed by atoms with E-state index in [9.17, 15) is 0 Å². The van der Waals surface area contributed by atoms with Crippen LogP contribution in [0.25, 0.3) is 0 Å². The molecule has 26 heavy (non-hydrogen) atoms. The van der Waals surface area contributed by atoms with Gasteiger partial charge in [0.15, 0.2) is 0 Å². The molecule has 0 aromatic carbocycles. The van der Waals surface area contributed by atoms with Gasteiger partial charge in [0.2, 0.25) is 23.8 Å². The Morgan fingerprint density at radius 3 is 1.54 bits per heavy atom. The third-order valence-corrected chi connectivity index (χ3v) is 3.57. The van der Waals surface area contributed by atoms with E-state index in [0.717, 1.165) is 25.7 Å². The van der Waals surface area contributed by atoms with Gasteiger partial charge in [-0.25, -0.2) is 0 Å². The minimum absolute atomic E-state index is 0.128. The molecule has 0 unspecified atom stereocenters. The summed E-state index contributed by atoms with van der Waals surface area (Å²) in [6, 6.07) is 2.78. The number of nitrogens with two attached hydrogens (primary N) is 4. The van der Waals surface area contributed by atoms with E-state index in [1.807, 2.05) is 6.07 Å². The van der Waals surface area contributed by atoms with Gasteiger partial charge in [0.05, 0.1) is 0 Å². The fourth-order valence-corrected chi connectivity index (χ4v) is 1.97. The molecule has 2 heterocycles. The van der Waals surface area contributed by atoms with E-state index >= 15 is 0 Å². The summed E-state index contributed by atoms with van der Waals surface area (Å²) in [5.41, 5.74) is 22.0. The Labute approximate surface area is 149 Å². The van der Waals surface area contributed by atoms with Crippen LogP contribution in [0.5, 0.6) is 0 Å². The standard InChI is InChI=1S/C8H10N6.C6H10N6/c9-3-5-6(10)13-8(14-7(5)11)12-4-1-2-4;7-4-10-5(8)12-6(11-4)9-3-1-2-3/h4H,1-2H2,(H5,10,11,12,13,14);3H,1-2H2,(H5,7,8,9,10,11,12). The van der Waals surface area contributed by atoms with Crippen LogP contribution in [0.2, 0.25) is 0 Å². The lowest BCUT2D eigenvalue weighted by Crippen LogP contribution is -2.10. The predicted molar refractivity (Wildman–Crippen MR) is 97.5 cm³/mol. The Morgan fingerprint density at radius 2 is 1.15 bits per heavy atom. The Hall–Kier alpha value is -3.62. The summed E-state index contributed by atoms with van der Waals surface area (Å²) in [6.07, 6.45) is 4.54. The van der Waals surface area contributed by atoms with Crippen molar-refractivity contribution in [3.05, 3.63) is 5.56 Å². The molecule has 0 saturated heterocycles. The summed E-state index contributed by atoms with van der Waals surface area (Å²) < 4.78 is 0. The third-order valence-electron chi connectivity index (χ3n) is 3.57. The first kappa shape index (κ1) is 17.2. The highest BCUT2D eigenvalue weighted by atomic mass is 15.2. The molecule has 0 spiro atoms. The number of hydrogen-bond donors (Lipinski definition) is 6. The van der Waals surface area contributed by atoms with Crippen molar-refractivity contribution in [3.8, 4) is 6.07 Å². The van der Waals surface area contributed by atoms with Gasteiger partial charge >= 0.3 is 0 Å². The molecule has 2 fully saturated rings. The van der Waals surface area contributed by atoms with Crippen LogP contribution in [0.3, 0.4) is 0 Å². The van der Waals surface area contributed by atoms with Gasteiger partial charge in [0, 0.05) is 12.1 Å². The number of nitrogens with zero attached hydrogens (tertiary/aromatic N) is 6. The average molecular weight is 356 g/mol. The second kappa shape index (κ2) is 7.09. The molecular formula is C14H20N12. The van der Waals surface area contributed by atoms with Gasteiger partial charge in [0.25, 0.3) is 0 Å². The molecular weight excluding hydrogens is 336 g/mol. The van der Waals surface area contributed by atoms with Gasteiger partial charge in [0.1, 0.15) is 23.3 Å². The van der Waals surface area contributed by atoms with Crippen LogP contribution in [0.4, 0.5) is 35.4 Å². The topological polar surface area (TPSA) is 216 Å². The van der Waals surface area contributed by atoms with Crippen LogP contribution >= 0.6 is 0 Å². The zero-order valence-electron chi connectivity index (χ0n) is 14.0. The van der Waals surface area contributed by atoms with Crippen LogP contribution in [-0.2, 0) is 0 Å². The minimum Gasteiger partial charge on any atom is -0.382 e. The molecule has 2 aromatic rings. The molecule has 0 bridgehead atoms. The highest BCUT2D eigenvalue weighted by Gasteiger charge is 2.23. The van der Waals surface area contributed by atoms with Crippen molar-refractivity contribution in [2.75, 3.05) is 33.6 Å². The van der Waals surface area contributed by atoms with Crippen LogP contribution in [0, 0.1) is 11.3 Å². The number of nitriles is 1. The molecule has 0 aliphatic heterocycles. The number of nitrogen functional groups attached to an aromatic ring is 4. The Morgan fingerprint density at radius 1 is 0.731 bits per heavy atom. The molecule has 12 heteroatoms.